The Morgan fingerprint density at radius 1 is 1.19 bits per heavy atom. The summed E-state index contributed by atoms with van der Waals surface area (Å²) in [4.78, 5) is 29.4. The molecule has 1 aromatic carbocycles. The van der Waals surface area contributed by atoms with Gasteiger partial charge in [0.05, 0.1) is 5.92 Å². The quantitative estimate of drug-likeness (QED) is 0.861. The molecule has 27 heavy (non-hydrogen) atoms. The first kappa shape index (κ1) is 18.8. The molecule has 0 bridgehead atoms. The van der Waals surface area contributed by atoms with E-state index in [0.29, 0.717) is 23.5 Å². The van der Waals surface area contributed by atoms with Crippen LogP contribution in [0.4, 0.5) is 5.69 Å². The summed E-state index contributed by atoms with van der Waals surface area (Å²) in [5.74, 6) is 0.279. The number of halogens is 1. The highest BCUT2D eigenvalue weighted by Gasteiger charge is 2.37. The molecule has 1 N–H and O–H groups in total. The highest BCUT2D eigenvalue weighted by Crippen LogP contribution is 2.31. The summed E-state index contributed by atoms with van der Waals surface area (Å²) < 4.78 is 0. The number of hydrogen-bond acceptors (Lipinski definition) is 3. The van der Waals surface area contributed by atoms with E-state index in [0.717, 1.165) is 12.2 Å². The number of fused-ring (bicyclic) bond motifs is 1. The molecule has 2 amide bonds. The predicted octanol–water partition coefficient (Wildman–Crippen LogP) is 3.07. The Morgan fingerprint density at radius 3 is 2.89 bits per heavy atom. The molecule has 5 nitrogen and oxygen atoms in total. The van der Waals surface area contributed by atoms with Crippen LogP contribution in [0.2, 0.25) is 5.02 Å². The largest absolute Gasteiger partial charge is 0.355 e. The van der Waals surface area contributed by atoms with E-state index in [9.17, 15) is 9.59 Å². The molecular formula is C21H28ClN3O2. The molecule has 0 radical (unpaired) electrons. The Kier molecular flexibility index (Phi) is 5.69. The summed E-state index contributed by atoms with van der Waals surface area (Å²) in [6, 6.07) is 7.88. The third-order valence-electron chi connectivity index (χ3n) is 6.38. The van der Waals surface area contributed by atoms with Crippen LogP contribution in [0.1, 0.15) is 38.5 Å². The number of carbonyl (C=O) groups excluding carboxylic acids is 2. The van der Waals surface area contributed by atoms with Gasteiger partial charge in [0, 0.05) is 36.3 Å². The zero-order chi connectivity index (χ0) is 18.8. The molecule has 3 heterocycles. The summed E-state index contributed by atoms with van der Waals surface area (Å²) >= 11 is 6.04. The van der Waals surface area contributed by atoms with Crippen molar-refractivity contribution in [2.24, 2.45) is 11.8 Å². The van der Waals surface area contributed by atoms with Crippen molar-refractivity contribution in [2.45, 2.75) is 44.6 Å². The maximum Gasteiger partial charge on any atom is 0.227 e. The van der Waals surface area contributed by atoms with Gasteiger partial charge in [-0.3, -0.25) is 9.59 Å². The topological polar surface area (TPSA) is 52.7 Å². The SMILES string of the molecule is O=C(NC[C@@H]1CCCN2CCCCC12)C1CC(=O)N(c2cccc(Cl)c2)C1. The van der Waals surface area contributed by atoms with Crippen molar-refractivity contribution < 1.29 is 9.59 Å². The van der Waals surface area contributed by atoms with E-state index in [-0.39, 0.29) is 24.2 Å². The zero-order valence-corrected chi connectivity index (χ0v) is 16.5. The Morgan fingerprint density at radius 2 is 2.04 bits per heavy atom. The fourth-order valence-electron chi connectivity index (χ4n) is 4.97. The van der Waals surface area contributed by atoms with E-state index >= 15 is 0 Å². The smallest absolute Gasteiger partial charge is 0.227 e. The molecule has 0 aliphatic carbocycles. The van der Waals surface area contributed by atoms with E-state index in [2.05, 4.69) is 10.2 Å². The normalized spacial score (nSPS) is 28.9. The molecule has 3 aliphatic heterocycles. The molecule has 3 aliphatic rings. The molecule has 3 fully saturated rings. The molecular weight excluding hydrogens is 362 g/mol. The van der Waals surface area contributed by atoms with Crippen molar-refractivity contribution in [3.05, 3.63) is 29.3 Å². The van der Waals surface area contributed by atoms with Crippen molar-refractivity contribution in [1.82, 2.24) is 10.2 Å². The van der Waals surface area contributed by atoms with Crippen molar-refractivity contribution >= 4 is 29.1 Å². The number of hydrogen-bond donors (Lipinski definition) is 1. The number of piperidine rings is 2. The number of amides is 2. The van der Waals surface area contributed by atoms with Gasteiger partial charge in [-0.05, 0) is 62.9 Å². The maximum atomic E-state index is 12.7. The van der Waals surface area contributed by atoms with E-state index in [1.807, 2.05) is 12.1 Å². The van der Waals surface area contributed by atoms with E-state index in [4.69, 9.17) is 11.6 Å². The second-order valence-electron chi connectivity index (χ2n) is 8.13. The second-order valence-corrected chi connectivity index (χ2v) is 8.57. The number of rotatable bonds is 4. The molecule has 4 rings (SSSR count). The van der Waals surface area contributed by atoms with Crippen LogP contribution in [0, 0.1) is 11.8 Å². The highest BCUT2D eigenvalue weighted by atomic mass is 35.5. The summed E-state index contributed by atoms with van der Waals surface area (Å²) in [7, 11) is 0. The number of anilines is 1. The van der Waals surface area contributed by atoms with Crippen LogP contribution < -0.4 is 10.2 Å². The molecule has 3 saturated heterocycles. The van der Waals surface area contributed by atoms with Crippen LogP contribution in [0.3, 0.4) is 0 Å². The Balaban J connectivity index is 1.33. The first-order valence-electron chi connectivity index (χ1n) is 10.2. The van der Waals surface area contributed by atoms with Crippen LogP contribution in [0.5, 0.6) is 0 Å². The van der Waals surface area contributed by atoms with Gasteiger partial charge in [0.2, 0.25) is 11.8 Å². The zero-order valence-electron chi connectivity index (χ0n) is 15.7. The standard InChI is InChI=1S/C21H28ClN3O2/c22-17-6-3-7-18(12-17)25-14-16(11-20(25)26)21(27)23-13-15-5-4-10-24-9-2-1-8-19(15)24/h3,6-7,12,15-16,19H,1-2,4-5,8-11,13-14H2,(H,23,27)/t15-,16?,19?/m0/s1. The summed E-state index contributed by atoms with van der Waals surface area (Å²) in [6.07, 6.45) is 6.56. The van der Waals surface area contributed by atoms with Crippen LogP contribution >= 0.6 is 11.6 Å². The lowest BCUT2D eigenvalue weighted by Gasteiger charge is -2.44. The van der Waals surface area contributed by atoms with Crippen molar-refractivity contribution in [3.8, 4) is 0 Å². The molecule has 1 aromatic rings. The van der Waals surface area contributed by atoms with Crippen molar-refractivity contribution in [3.63, 3.8) is 0 Å². The van der Waals surface area contributed by atoms with Gasteiger partial charge in [0.1, 0.15) is 0 Å². The first-order chi connectivity index (χ1) is 13.1. The van der Waals surface area contributed by atoms with Gasteiger partial charge >= 0.3 is 0 Å². The monoisotopic (exact) mass is 389 g/mol. The number of carbonyl (C=O) groups is 2. The highest BCUT2D eigenvalue weighted by molar-refractivity contribution is 6.30. The summed E-state index contributed by atoms with van der Waals surface area (Å²) in [5, 5.41) is 3.76. The summed E-state index contributed by atoms with van der Waals surface area (Å²) in [5.41, 5.74) is 0.771. The molecule has 2 unspecified atom stereocenters. The van der Waals surface area contributed by atoms with Crippen LogP contribution in [0.25, 0.3) is 0 Å². The Bertz CT molecular complexity index is 708. The fourth-order valence-corrected chi connectivity index (χ4v) is 5.15. The molecule has 3 atom stereocenters. The van der Waals surface area contributed by atoms with Crippen LogP contribution in [-0.2, 0) is 9.59 Å². The van der Waals surface area contributed by atoms with E-state index in [1.165, 1.54) is 45.2 Å². The maximum absolute atomic E-state index is 12.7. The number of benzene rings is 1. The minimum atomic E-state index is -0.275. The number of nitrogens with one attached hydrogen (secondary N) is 1. The number of nitrogens with zero attached hydrogens (tertiary/aromatic N) is 2. The predicted molar refractivity (Wildman–Crippen MR) is 107 cm³/mol. The van der Waals surface area contributed by atoms with Gasteiger partial charge < -0.3 is 15.1 Å². The van der Waals surface area contributed by atoms with Crippen molar-refractivity contribution in [1.29, 1.82) is 0 Å². The van der Waals surface area contributed by atoms with Crippen LogP contribution in [0.15, 0.2) is 24.3 Å². The minimum Gasteiger partial charge on any atom is -0.355 e. The van der Waals surface area contributed by atoms with Gasteiger partial charge in [-0.2, -0.15) is 0 Å². The summed E-state index contributed by atoms with van der Waals surface area (Å²) in [6.45, 7) is 3.59. The molecule has 0 aromatic heterocycles. The second kappa shape index (κ2) is 8.19. The van der Waals surface area contributed by atoms with Crippen molar-refractivity contribution in [2.75, 3.05) is 31.1 Å². The lowest BCUT2D eigenvalue weighted by atomic mass is 9.83. The molecule has 6 heteroatoms. The first-order valence-corrected chi connectivity index (χ1v) is 10.6. The molecule has 0 spiro atoms. The Labute approximate surface area is 166 Å². The molecule has 146 valence electrons. The third-order valence-corrected chi connectivity index (χ3v) is 6.62. The van der Waals surface area contributed by atoms with Gasteiger partial charge in [-0.15, -0.1) is 0 Å². The average Bonchev–Trinajstić information content (AvgIpc) is 3.08. The van der Waals surface area contributed by atoms with Gasteiger partial charge in [-0.25, -0.2) is 0 Å². The van der Waals surface area contributed by atoms with E-state index in [1.54, 1.807) is 17.0 Å². The van der Waals surface area contributed by atoms with Gasteiger partial charge in [0.25, 0.3) is 0 Å². The lowest BCUT2D eigenvalue weighted by Crippen LogP contribution is -2.51. The lowest BCUT2D eigenvalue weighted by molar-refractivity contribution is -0.126. The average molecular weight is 390 g/mol. The fraction of sp³-hybridized carbons (Fsp3) is 0.619. The van der Waals surface area contributed by atoms with Gasteiger partial charge in [-0.1, -0.05) is 24.1 Å². The minimum absolute atomic E-state index is 0.00598. The third kappa shape index (κ3) is 4.14. The van der Waals surface area contributed by atoms with E-state index < -0.39 is 0 Å². The Hall–Kier alpha value is -1.59. The van der Waals surface area contributed by atoms with Crippen LogP contribution in [-0.4, -0.2) is 48.9 Å². The van der Waals surface area contributed by atoms with Gasteiger partial charge in [0.15, 0.2) is 0 Å². The molecule has 0 saturated carbocycles.